The van der Waals surface area contributed by atoms with Crippen molar-refractivity contribution in [2.24, 2.45) is 5.73 Å². The molecule has 0 aliphatic heterocycles. The van der Waals surface area contributed by atoms with Gasteiger partial charge >= 0.3 is 5.97 Å². The standard InChI is InChI=1S/C23H28N4O5/c1-15(23(31)32)26-22(30)19(13-17-10-6-3-7-11-17)27-20(28)14-25-21(29)18(24)12-16-8-4-2-5-9-16/h2-11,15,18-19H,12-14,24H2,1H3,(H,25,29)(H,26,30)(H,27,28)(H,31,32). The summed E-state index contributed by atoms with van der Waals surface area (Å²) >= 11 is 0. The summed E-state index contributed by atoms with van der Waals surface area (Å²) in [6.07, 6.45) is 0.479. The van der Waals surface area contributed by atoms with E-state index in [1.54, 1.807) is 24.3 Å². The highest BCUT2D eigenvalue weighted by Gasteiger charge is 2.25. The van der Waals surface area contributed by atoms with Crippen LogP contribution in [0.5, 0.6) is 0 Å². The molecule has 0 saturated heterocycles. The van der Waals surface area contributed by atoms with E-state index in [0.29, 0.717) is 6.42 Å². The lowest BCUT2D eigenvalue weighted by molar-refractivity contribution is -0.141. The van der Waals surface area contributed by atoms with Crippen LogP contribution in [0.4, 0.5) is 0 Å². The van der Waals surface area contributed by atoms with Gasteiger partial charge in [0.25, 0.3) is 0 Å². The summed E-state index contributed by atoms with van der Waals surface area (Å²) in [5.74, 6) is -2.91. The lowest BCUT2D eigenvalue weighted by Crippen LogP contribution is -2.54. The van der Waals surface area contributed by atoms with E-state index in [4.69, 9.17) is 10.8 Å². The minimum Gasteiger partial charge on any atom is -0.480 e. The van der Waals surface area contributed by atoms with E-state index in [-0.39, 0.29) is 13.0 Å². The zero-order valence-electron chi connectivity index (χ0n) is 17.8. The van der Waals surface area contributed by atoms with Gasteiger partial charge in [0, 0.05) is 6.42 Å². The molecule has 170 valence electrons. The second kappa shape index (κ2) is 12.2. The Morgan fingerprint density at radius 2 is 1.38 bits per heavy atom. The predicted molar refractivity (Wildman–Crippen MR) is 118 cm³/mol. The third-order valence-corrected chi connectivity index (χ3v) is 4.72. The highest BCUT2D eigenvalue weighted by atomic mass is 16.4. The van der Waals surface area contributed by atoms with E-state index < -0.39 is 41.8 Å². The smallest absolute Gasteiger partial charge is 0.325 e. The van der Waals surface area contributed by atoms with Gasteiger partial charge in [-0.05, 0) is 24.5 Å². The van der Waals surface area contributed by atoms with Crippen LogP contribution in [-0.2, 0) is 32.0 Å². The van der Waals surface area contributed by atoms with Crippen LogP contribution in [0.1, 0.15) is 18.1 Å². The van der Waals surface area contributed by atoms with Crippen molar-refractivity contribution in [1.29, 1.82) is 0 Å². The molecule has 0 aliphatic carbocycles. The number of carboxylic acid groups (broad SMARTS) is 1. The number of nitrogens with two attached hydrogens (primary N) is 1. The molecule has 6 N–H and O–H groups in total. The molecular formula is C23H28N4O5. The molecular weight excluding hydrogens is 412 g/mol. The summed E-state index contributed by atoms with van der Waals surface area (Å²) in [4.78, 5) is 48.2. The summed E-state index contributed by atoms with van der Waals surface area (Å²) < 4.78 is 0. The van der Waals surface area contributed by atoms with Crippen molar-refractivity contribution in [2.75, 3.05) is 6.54 Å². The van der Waals surface area contributed by atoms with Gasteiger partial charge in [-0.1, -0.05) is 60.7 Å². The van der Waals surface area contributed by atoms with Crippen molar-refractivity contribution in [2.45, 2.75) is 37.9 Å². The molecule has 0 aromatic heterocycles. The molecule has 2 aromatic carbocycles. The molecule has 0 radical (unpaired) electrons. The van der Waals surface area contributed by atoms with Gasteiger partial charge in [-0.2, -0.15) is 0 Å². The van der Waals surface area contributed by atoms with Gasteiger partial charge in [0.15, 0.2) is 0 Å². The third kappa shape index (κ3) is 8.19. The Kier molecular flexibility index (Phi) is 9.37. The molecule has 3 atom stereocenters. The van der Waals surface area contributed by atoms with Gasteiger partial charge < -0.3 is 26.8 Å². The largest absolute Gasteiger partial charge is 0.480 e. The predicted octanol–water partition coefficient (Wildman–Crippen LogP) is -0.0106. The Morgan fingerprint density at radius 1 is 0.844 bits per heavy atom. The average molecular weight is 441 g/mol. The Hall–Kier alpha value is -3.72. The van der Waals surface area contributed by atoms with Gasteiger partial charge in [-0.25, -0.2) is 0 Å². The van der Waals surface area contributed by atoms with Gasteiger partial charge in [0.05, 0.1) is 12.6 Å². The number of amides is 3. The van der Waals surface area contributed by atoms with Crippen molar-refractivity contribution in [3.63, 3.8) is 0 Å². The van der Waals surface area contributed by atoms with E-state index in [0.717, 1.165) is 11.1 Å². The lowest BCUT2D eigenvalue weighted by atomic mass is 10.0. The molecule has 9 nitrogen and oxygen atoms in total. The highest BCUT2D eigenvalue weighted by Crippen LogP contribution is 2.05. The first-order valence-electron chi connectivity index (χ1n) is 10.2. The Morgan fingerprint density at radius 3 is 1.91 bits per heavy atom. The van der Waals surface area contributed by atoms with E-state index in [1.165, 1.54) is 6.92 Å². The number of hydrogen-bond donors (Lipinski definition) is 5. The summed E-state index contributed by atoms with van der Waals surface area (Å²) in [5, 5.41) is 16.4. The molecule has 0 spiro atoms. The van der Waals surface area contributed by atoms with Crippen LogP contribution >= 0.6 is 0 Å². The Bertz CT molecular complexity index is 920. The van der Waals surface area contributed by atoms with Crippen LogP contribution < -0.4 is 21.7 Å². The number of benzene rings is 2. The van der Waals surface area contributed by atoms with Crippen molar-refractivity contribution >= 4 is 23.7 Å². The first kappa shape index (κ1) is 24.5. The minimum atomic E-state index is -1.19. The van der Waals surface area contributed by atoms with Crippen molar-refractivity contribution in [1.82, 2.24) is 16.0 Å². The number of carbonyl (C=O) groups excluding carboxylic acids is 3. The summed E-state index contributed by atoms with van der Waals surface area (Å²) in [5.41, 5.74) is 7.58. The Balaban J connectivity index is 1.93. The van der Waals surface area contributed by atoms with Crippen molar-refractivity contribution < 1.29 is 24.3 Å². The summed E-state index contributed by atoms with van der Waals surface area (Å²) in [7, 11) is 0. The fourth-order valence-electron chi connectivity index (χ4n) is 2.94. The molecule has 32 heavy (non-hydrogen) atoms. The highest BCUT2D eigenvalue weighted by molar-refractivity contribution is 5.92. The monoisotopic (exact) mass is 440 g/mol. The molecule has 9 heteroatoms. The number of carbonyl (C=O) groups is 4. The quantitative estimate of drug-likeness (QED) is 0.332. The molecule has 3 amide bonds. The van der Waals surface area contributed by atoms with Crippen LogP contribution in [0.2, 0.25) is 0 Å². The number of aliphatic carboxylic acids is 1. The minimum absolute atomic E-state index is 0.159. The maximum absolute atomic E-state index is 12.6. The van der Waals surface area contributed by atoms with Gasteiger partial charge in [0.1, 0.15) is 12.1 Å². The van der Waals surface area contributed by atoms with Crippen LogP contribution in [0.15, 0.2) is 60.7 Å². The van der Waals surface area contributed by atoms with Crippen LogP contribution in [-0.4, -0.2) is 53.5 Å². The van der Waals surface area contributed by atoms with E-state index in [9.17, 15) is 19.2 Å². The van der Waals surface area contributed by atoms with Gasteiger partial charge in [0.2, 0.25) is 17.7 Å². The molecule has 0 aliphatic rings. The number of carboxylic acids is 1. The van der Waals surface area contributed by atoms with Crippen LogP contribution in [0.25, 0.3) is 0 Å². The molecule has 0 heterocycles. The number of hydrogen-bond acceptors (Lipinski definition) is 5. The first-order valence-corrected chi connectivity index (χ1v) is 10.2. The topological polar surface area (TPSA) is 151 Å². The molecule has 0 bridgehead atoms. The zero-order chi connectivity index (χ0) is 23.5. The van der Waals surface area contributed by atoms with E-state index >= 15 is 0 Å². The maximum Gasteiger partial charge on any atom is 0.325 e. The van der Waals surface area contributed by atoms with E-state index in [1.807, 2.05) is 36.4 Å². The summed E-state index contributed by atoms with van der Waals surface area (Å²) in [6.45, 7) is 0.963. The third-order valence-electron chi connectivity index (χ3n) is 4.72. The second-order valence-electron chi connectivity index (χ2n) is 7.39. The Labute approximate surface area is 186 Å². The summed E-state index contributed by atoms with van der Waals surface area (Å²) in [6, 6.07) is 15.3. The lowest BCUT2D eigenvalue weighted by Gasteiger charge is -2.20. The average Bonchev–Trinajstić information content (AvgIpc) is 2.78. The van der Waals surface area contributed by atoms with E-state index in [2.05, 4.69) is 16.0 Å². The second-order valence-corrected chi connectivity index (χ2v) is 7.39. The molecule has 3 unspecified atom stereocenters. The van der Waals surface area contributed by atoms with Crippen LogP contribution in [0.3, 0.4) is 0 Å². The number of nitrogens with one attached hydrogen (secondary N) is 3. The van der Waals surface area contributed by atoms with Crippen LogP contribution in [0, 0.1) is 0 Å². The molecule has 0 fully saturated rings. The maximum atomic E-state index is 12.6. The molecule has 2 aromatic rings. The molecule has 2 rings (SSSR count). The van der Waals surface area contributed by atoms with Crippen molar-refractivity contribution in [3.05, 3.63) is 71.8 Å². The van der Waals surface area contributed by atoms with Gasteiger partial charge in [-0.15, -0.1) is 0 Å². The number of rotatable bonds is 11. The fraction of sp³-hybridized carbons (Fsp3) is 0.304. The SMILES string of the molecule is CC(NC(=O)C(Cc1ccccc1)NC(=O)CNC(=O)C(N)Cc1ccccc1)C(=O)O. The van der Waals surface area contributed by atoms with Crippen molar-refractivity contribution in [3.8, 4) is 0 Å². The molecule has 0 saturated carbocycles. The normalized spacial score (nSPS) is 13.3. The zero-order valence-corrected chi connectivity index (χ0v) is 17.8. The fourth-order valence-corrected chi connectivity index (χ4v) is 2.94. The first-order chi connectivity index (χ1) is 15.3. The van der Waals surface area contributed by atoms with Gasteiger partial charge in [-0.3, -0.25) is 19.2 Å².